The van der Waals surface area contributed by atoms with E-state index in [9.17, 15) is 4.79 Å². The summed E-state index contributed by atoms with van der Waals surface area (Å²) >= 11 is 0. The smallest absolute Gasteiger partial charge is 0.317 e. The number of hydrogen-bond donors (Lipinski definition) is 2. The number of hydrogen-bond acceptors (Lipinski definition) is 5. The van der Waals surface area contributed by atoms with Crippen molar-refractivity contribution in [2.24, 2.45) is 0 Å². The van der Waals surface area contributed by atoms with Gasteiger partial charge in [0.1, 0.15) is 0 Å². The van der Waals surface area contributed by atoms with Crippen molar-refractivity contribution < 1.29 is 19.4 Å². The van der Waals surface area contributed by atoms with Crippen molar-refractivity contribution in [1.29, 1.82) is 0 Å². The summed E-state index contributed by atoms with van der Waals surface area (Å²) in [6.45, 7) is 6.65. The summed E-state index contributed by atoms with van der Waals surface area (Å²) < 4.78 is 10.6. The van der Waals surface area contributed by atoms with Crippen LogP contribution < -0.4 is 5.32 Å². The van der Waals surface area contributed by atoms with Gasteiger partial charge in [-0.25, -0.2) is 4.79 Å². The zero-order valence-electron chi connectivity index (χ0n) is 11.9. The van der Waals surface area contributed by atoms with Crippen molar-refractivity contribution in [3.63, 3.8) is 0 Å². The van der Waals surface area contributed by atoms with E-state index in [1.165, 1.54) is 0 Å². The Morgan fingerprint density at radius 1 is 1.20 bits per heavy atom. The molecule has 0 aliphatic carbocycles. The maximum Gasteiger partial charge on any atom is 0.317 e. The van der Waals surface area contributed by atoms with Gasteiger partial charge in [0.15, 0.2) is 0 Å². The van der Waals surface area contributed by atoms with Gasteiger partial charge in [0.25, 0.3) is 0 Å². The molecule has 0 aromatic carbocycles. The highest BCUT2D eigenvalue weighted by molar-refractivity contribution is 5.74. The van der Waals surface area contributed by atoms with Gasteiger partial charge in [0.05, 0.1) is 32.5 Å². The number of amides is 2. The first-order chi connectivity index (χ1) is 9.81. The van der Waals surface area contributed by atoms with E-state index < -0.39 is 0 Å². The Morgan fingerprint density at radius 2 is 1.95 bits per heavy atom. The van der Waals surface area contributed by atoms with Crippen molar-refractivity contribution in [3.05, 3.63) is 0 Å². The molecule has 2 rings (SSSR count). The van der Waals surface area contributed by atoms with E-state index in [1.807, 2.05) is 0 Å². The highest BCUT2D eigenvalue weighted by atomic mass is 16.5. The number of rotatable bonds is 5. The number of nitrogens with one attached hydrogen (secondary N) is 1. The maximum absolute atomic E-state index is 12.2. The van der Waals surface area contributed by atoms with Gasteiger partial charge in [-0.1, -0.05) is 0 Å². The van der Waals surface area contributed by atoms with E-state index in [0.29, 0.717) is 32.7 Å². The molecule has 2 fully saturated rings. The van der Waals surface area contributed by atoms with E-state index in [4.69, 9.17) is 14.6 Å². The lowest BCUT2D eigenvalue weighted by atomic mass is 10.2. The number of urea groups is 1. The van der Waals surface area contributed by atoms with Crippen LogP contribution >= 0.6 is 0 Å². The number of aliphatic hydroxyl groups is 1. The van der Waals surface area contributed by atoms with Crippen molar-refractivity contribution in [2.75, 3.05) is 65.8 Å². The number of morpholine rings is 2. The van der Waals surface area contributed by atoms with Crippen LogP contribution in [0.1, 0.15) is 6.42 Å². The van der Waals surface area contributed by atoms with Crippen LogP contribution in [0.25, 0.3) is 0 Å². The second-order valence-electron chi connectivity index (χ2n) is 5.12. The highest BCUT2D eigenvalue weighted by Gasteiger charge is 2.26. The third-order valence-corrected chi connectivity index (χ3v) is 3.76. The first kappa shape index (κ1) is 15.5. The molecule has 7 nitrogen and oxygen atoms in total. The number of carbonyl (C=O) groups is 1. The van der Waals surface area contributed by atoms with E-state index >= 15 is 0 Å². The lowest BCUT2D eigenvalue weighted by molar-refractivity contribution is 0.00391. The summed E-state index contributed by atoms with van der Waals surface area (Å²) in [5.41, 5.74) is 0. The largest absolute Gasteiger partial charge is 0.396 e. The minimum absolute atomic E-state index is 0.0165. The Labute approximate surface area is 119 Å². The molecule has 0 unspecified atom stereocenters. The highest BCUT2D eigenvalue weighted by Crippen LogP contribution is 2.10. The van der Waals surface area contributed by atoms with Crippen molar-refractivity contribution >= 4 is 6.03 Å². The van der Waals surface area contributed by atoms with Crippen LogP contribution in [0, 0.1) is 0 Å². The molecule has 116 valence electrons. The van der Waals surface area contributed by atoms with Crippen LogP contribution in [0.5, 0.6) is 0 Å². The standard InChI is InChI=1S/C13H25N3O4/c17-7-1-12-11-20-10-6-16(12)13(18)14-2-3-15-4-8-19-9-5-15/h12,17H,1-11H2,(H,14,18)/t12-/m1/s1. The molecule has 2 amide bonds. The van der Waals surface area contributed by atoms with Crippen LogP contribution in [0.15, 0.2) is 0 Å². The van der Waals surface area contributed by atoms with Crippen LogP contribution in [-0.4, -0.2) is 92.7 Å². The molecular formula is C13H25N3O4. The molecule has 20 heavy (non-hydrogen) atoms. The second kappa shape index (κ2) is 8.41. The first-order valence-electron chi connectivity index (χ1n) is 7.34. The third-order valence-electron chi connectivity index (χ3n) is 3.76. The number of aliphatic hydroxyl groups excluding tert-OH is 1. The third kappa shape index (κ3) is 4.59. The average molecular weight is 287 g/mol. The van der Waals surface area contributed by atoms with Gasteiger partial charge >= 0.3 is 6.03 Å². The Balaban J connectivity index is 1.69. The molecule has 1 atom stereocenters. The number of ether oxygens (including phenoxy) is 2. The molecule has 2 saturated heterocycles. The molecule has 0 bridgehead atoms. The van der Waals surface area contributed by atoms with Crippen LogP contribution in [-0.2, 0) is 9.47 Å². The predicted octanol–water partition coefficient (Wildman–Crippen LogP) is -0.889. The molecule has 2 heterocycles. The zero-order chi connectivity index (χ0) is 14.2. The molecular weight excluding hydrogens is 262 g/mol. The van der Waals surface area contributed by atoms with Crippen molar-refractivity contribution in [1.82, 2.24) is 15.1 Å². The summed E-state index contributed by atoms with van der Waals surface area (Å²) in [5.74, 6) is 0. The Morgan fingerprint density at radius 3 is 2.70 bits per heavy atom. The summed E-state index contributed by atoms with van der Waals surface area (Å²) in [5, 5.41) is 12.0. The lowest BCUT2D eigenvalue weighted by Crippen LogP contribution is -2.53. The molecule has 0 spiro atoms. The summed E-state index contributed by atoms with van der Waals surface area (Å²) in [6, 6.07) is -0.0721. The topological polar surface area (TPSA) is 74.3 Å². The second-order valence-corrected chi connectivity index (χ2v) is 5.12. The van der Waals surface area contributed by atoms with Crippen LogP contribution in [0.4, 0.5) is 4.79 Å². The van der Waals surface area contributed by atoms with Gasteiger partial charge in [-0.3, -0.25) is 4.90 Å². The first-order valence-corrected chi connectivity index (χ1v) is 7.34. The van der Waals surface area contributed by atoms with Crippen LogP contribution in [0.3, 0.4) is 0 Å². The monoisotopic (exact) mass is 287 g/mol. The lowest BCUT2D eigenvalue weighted by Gasteiger charge is -2.35. The molecule has 0 radical (unpaired) electrons. The maximum atomic E-state index is 12.2. The van der Waals surface area contributed by atoms with Gasteiger partial charge in [-0.2, -0.15) is 0 Å². The summed E-state index contributed by atoms with van der Waals surface area (Å²) in [7, 11) is 0. The van der Waals surface area contributed by atoms with E-state index in [-0.39, 0.29) is 18.7 Å². The van der Waals surface area contributed by atoms with Gasteiger partial charge < -0.3 is 24.8 Å². The van der Waals surface area contributed by atoms with E-state index in [2.05, 4.69) is 10.2 Å². The Hall–Kier alpha value is -0.890. The fourth-order valence-corrected chi connectivity index (χ4v) is 2.56. The van der Waals surface area contributed by atoms with E-state index in [1.54, 1.807) is 4.90 Å². The molecule has 7 heteroatoms. The van der Waals surface area contributed by atoms with Gasteiger partial charge in [0.2, 0.25) is 0 Å². The van der Waals surface area contributed by atoms with E-state index in [0.717, 1.165) is 32.8 Å². The summed E-state index contributed by atoms with van der Waals surface area (Å²) in [6.07, 6.45) is 0.566. The fraction of sp³-hybridized carbons (Fsp3) is 0.923. The molecule has 2 aliphatic rings. The quantitative estimate of drug-likeness (QED) is 0.686. The average Bonchev–Trinajstić information content (AvgIpc) is 2.49. The van der Waals surface area contributed by atoms with Gasteiger partial charge in [-0.05, 0) is 6.42 Å². The van der Waals surface area contributed by atoms with Crippen molar-refractivity contribution in [2.45, 2.75) is 12.5 Å². The Bertz CT molecular complexity index is 295. The number of carbonyl (C=O) groups excluding carboxylic acids is 1. The van der Waals surface area contributed by atoms with Crippen LogP contribution in [0.2, 0.25) is 0 Å². The molecule has 2 N–H and O–H groups in total. The molecule has 0 saturated carbocycles. The fourth-order valence-electron chi connectivity index (χ4n) is 2.56. The SMILES string of the molecule is O=C(NCCN1CCOCC1)N1CCOC[C@H]1CCO. The van der Waals surface area contributed by atoms with Gasteiger partial charge in [0, 0.05) is 39.3 Å². The number of nitrogens with zero attached hydrogens (tertiary/aromatic N) is 2. The predicted molar refractivity (Wildman–Crippen MR) is 73.7 cm³/mol. The summed E-state index contributed by atoms with van der Waals surface area (Å²) in [4.78, 5) is 16.2. The normalized spacial score (nSPS) is 24.6. The minimum atomic E-state index is -0.0555. The minimum Gasteiger partial charge on any atom is -0.396 e. The molecule has 2 aliphatic heterocycles. The zero-order valence-corrected chi connectivity index (χ0v) is 11.9. The molecule has 0 aromatic heterocycles. The Kier molecular flexibility index (Phi) is 6.52. The molecule has 0 aromatic rings. The van der Waals surface area contributed by atoms with Gasteiger partial charge in [-0.15, -0.1) is 0 Å². The van der Waals surface area contributed by atoms with Crippen molar-refractivity contribution in [3.8, 4) is 0 Å².